The number of hydrogen-bond acceptors (Lipinski definition) is 7. The number of nitrogens with zero attached hydrogens (tertiary/aromatic N) is 3. The van der Waals surface area contributed by atoms with Gasteiger partial charge in [0.25, 0.3) is 0 Å². The Kier molecular flexibility index (Phi) is 7.61. The molecule has 0 aliphatic carbocycles. The SMILES string of the molecule is C=CCn1c(C)nnc1SCC(=O)Nc1sc(C(C)C)cc1C(=O)OCC. The summed E-state index contributed by atoms with van der Waals surface area (Å²) in [4.78, 5) is 25.6. The number of aromatic nitrogens is 3. The van der Waals surface area contributed by atoms with E-state index in [0.717, 1.165) is 10.7 Å². The van der Waals surface area contributed by atoms with Gasteiger partial charge in [0.05, 0.1) is 17.9 Å². The van der Waals surface area contributed by atoms with Gasteiger partial charge in [0, 0.05) is 11.4 Å². The second kappa shape index (κ2) is 9.70. The summed E-state index contributed by atoms with van der Waals surface area (Å²) in [5, 5.41) is 12.1. The van der Waals surface area contributed by atoms with Crippen LogP contribution in [0.15, 0.2) is 23.9 Å². The van der Waals surface area contributed by atoms with E-state index in [1.54, 1.807) is 19.1 Å². The summed E-state index contributed by atoms with van der Waals surface area (Å²) in [6.45, 7) is 12.3. The average Bonchev–Trinajstić information content (AvgIpc) is 3.18. The molecule has 1 N–H and O–H groups in total. The smallest absolute Gasteiger partial charge is 0.341 e. The Morgan fingerprint density at radius 3 is 2.81 bits per heavy atom. The highest BCUT2D eigenvalue weighted by Gasteiger charge is 2.20. The normalized spacial score (nSPS) is 10.9. The maximum absolute atomic E-state index is 12.4. The fourth-order valence-corrected chi connectivity index (χ4v) is 4.11. The summed E-state index contributed by atoms with van der Waals surface area (Å²) in [6.07, 6.45) is 1.76. The van der Waals surface area contributed by atoms with Crippen LogP contribution in [0.4, 0.5) is 5.00 Å². The van der Waals surface area contributed by atoms with Crippen LogP contribution in [0, 0.1) is 6.92 Å². The van der Waals surface area contributed by atoms with E-state index in [9.17, 15) is 9.59 Å². The fraction of sp³-hybridized carbons (Fsp3) is 0.444. The summed E-state index contributed by atoms with van der Waals surface area (Å²) in [7, 11) is 0. The summed E-state index contributed by atoms with van der Waals surface area (Å²) in [5.74, 6) is 0.538. The first kappa shape index (κ1) is 21.2. The van der Waals surface area contributed by atoms with Gasteiger partial charge in [-0.3, -0.25) is 4.79 Å². The fourth-order valence-electron chi connectivity index (χ4n) is 2.25. The zero-order valence-corrected chi connectivity index (χ0v) is 17.6. The van der Waals surface area contributed by atoms with E-state index in [2.05, 4.69) is 22.1 Å². The number of thioether (sulfide) groups is 1. The Labute approximate surface area is 167 Å². The lowest BCUT2D eigenvalue weighted by Crippen LogP contribution is -2.16. The molecule has 2 aromatic heterocycles. The van der Waals surface area contributed by atoms with Gasteiger partial charge >= 0.3 is 5.97 Å². The largest absolute Gasteiger partial charge is 0.462 e. The molecule has 2 rings (SSSR count). The molecule has 0 aromatic carbocycles. The Balaban J connectivity index is 2.09. The van der Waals surface area contributed by atoms with Crippen molar-refractivity contribution < 1.29 is 14.3 Å². The van der Waals surface area contributed by atoms with Gasteiger partial charge in [0.2, 0.25) is 5.91 Å². The number of aryl methyl sites for hydroxylation is 1. The van der Waals surface area contributed by atoms with Crippen LogP contribution in [0.5, 0.6) is 0 Å². The highest BCUT2D eigenvalue weighted by Crippen LogP contribution is 2.33. The molecule has 0 aliphatic heterocycles. The predicted octanol–water partition coefficient (Wildman–Crippen LogP) is 3.86. The monoisotopic (exact) mass is 408 g/mol. The molecule has 2 heterocycles. The van der Waals surface area contributed by atoms with Crippen LogP contribution in [0.25, 0.3) is 0 Å². The van der Waals surface area contributed by atoms with E-state index in [-0.39, 0.29) is 24.2 Å². The molecule has 0 saturated heterocycles. The van der Waals surface area contributed by atoms with Crippen LogP contribution >= 0.6 is 23.1 Å². The van der Waals surface area contributed by atoms with E-state index in [4.69, 9.17) is 4.74 Å². The molecule has 0 atom stereocenters. The quantitative estimate of drug-likeness (QED) is 0.385. The van der Waals surface area contributed by atoms with Gasteiger partial charge < -0.3 is 14.6 Å². The number of ether oxygens (including phenoxy) is 1. The van der Waals surface area contributed by atoms with Crippen molar-refractivity contribution in [3.63, 3.8) is 0 Å². The second-order valence-corrected chi connectivity index (χ2v) is 8.06. The lowest BCUT2D eigenvalue weighted by molar-refractivity contribution is -0.113. The Hall–Kier alpha value is -2.13. The predicted molar refractivity (Wildman–Crippen MR) is 109 cm³/mol. The topological polar surface area (TPSA) is 86.1 Å². The summed E-state index contributed by atoms with van der Waals surface area (Å²) in [5.41, 5.74) is 0.398. The summed E-state index contributed by atoms with van der Waals surface area (Å²) < 4.78 is 6.98. The summed E-state index contributed by atoms with van der Waals surface area (Å²) in [6, 6.07) is 1.79. The number of amides is 1. The molecule has 0 fully saturated rings. The molecule has 7 nitrogen and oxygen atoms in total. The van der Waals surface area contributed by atoms with Crippen molar-refractivity contribution >= 4 is 40.0 Å². The highest BCUT2D eigenvalue weighted by molar-refractivity contribution is 7.99. The lowest BCUT2D eigenvalue weighted by atomic mass is 10.1. The average molecular weight is 409 g/mol. The molecule has 27 heavy (non-hydrogen) atoms. The first-order valence-electron chi connectivity index (χ1n) is 8.61. The number of allylic oxidation sites excluding steroid dienone is 1. The highest BCUT2D eigenvalue weighted by atomic mass is 32.2. The number of nitrogens with one attached hydrogen (secondary N) is 1. The number of carbonyl (C=O) groups is 2. The minimum atomic E-state index is -0.426. The first-order valence-corrected chi connectivity index (χ1v) is 10.4. The number of carbonyl (C=O) groups excluding carboxylic acids is 2. The zero-order chi connectivity index (χ0) is 20.0. The third-order valence-corrected chi connectivity index (χ3v) is 5.93. The van der Waals surface area contributed by atoms with Crippen molar-refractivity contribution in [2.75, 3.05) is 17.7 Å². The van der Waals surface area contributed by atoms with Gasteiger partial charge in [-0.1, -0.05) is 31.7 Å². The lowest BCUT2D eigenvalue weighted by Gasteiger charge is -2.07. The van der Waals surface area contributed by atoms with E-state index in [1.807, 2.05) is 25.3 Å². The van der Waals surface area contributed by atoms with Gasteiger partial charge in [0.15, 0.2) is 5.16 Å². The van der Waals surface area contributed by atoms with Crippen LogP contribution < -0.4 is 5.32 Å². The van der Waals surface area contributed by atoms with Crippen molar-refractivity contribution in [3.05, 3.63) is 35.0 Å². The second-order valence-electron chi connectivity index (χ2n) is 6.03. The molecule has 0 unspecified atom stereocenters. The molecule has 146 valence electrons. The van der Waals surface area contributed by atoms with Gasteiger partial charge in [-0.05, 0) is 25.8 Å². The van der Waals surface area contributed by atoms with Gasteiger partial charge in [-0.15, -0.1) is 28.1 Å². The number of thiophene rings is 1. The Bertz CT molecular complexity index is 827. The van der Waals surface area contributed by atoms with Crippen molar-refractivity contribution in [1.82, 2.24) is 14.8 Å². The van der Waals surface area contributed by atoms with Crippen LogP contribution in [0.1, 0.15) is 47.7 Å². The van der Waals surface area contributed by atoms with Crippen LogP contribution in [-0.4, -0.2) is 39.0 Å². The third kappa shape index (κ3) is 5.43. The van der Waals surface area contributed by atoms with Crippen molar-refractivity contribution in [2.24, 2.45) is 0 Å². The molecule has 1 amide bonds. The Morgan fingerprint density at radius 1 is 1.44 bits per heavy atom. The molecular formula is C18H24N4O3S2. The van der Waals surface area contributed by atoms with E-state index >= 15 is 0 Å². The molecule has 0 saturated carbocycles. The van der Waals surface area contributed by atoms with Gasteiger partial charge in [-0.25, -0.2) is 4.79 Å². The van der Waals surface area contributed by atoms with Crippen LogP contribution in [0.2, 0.25) is 0 Å². The van der Waals surface area contributed by atoms with Crippen LogP contribution in [0.3, 0.4) is 0 Å². The van der Waals surface area contributed by atoms with E-state index in [0.29, 0.717) is 22.3 Å². The molecular weight excluding hydrogens is 384 g/mol. The standard InChI is InChI=1S/C18H24N4O3S2/c1-6-8-22-12(5)20-21-18(22)26-10-15(23)19-16-13(17(24)25-7-2)9-14(27-16)11(3)4/h6,9,11H,1,7-8,10H2,2-5H3,(H,19,23). The molecule has 0 spiro atoms. The first-order chi connectivity index (χ1) is 12.9. The van der Waals surface area contributed by atoms with Crippen molar-refractivity contribution in [3.8, 4) is 0 Å². The number of anilines is 1. The van der Waals surface area contributed by atoms with Crippen molar-refractivity contribution in [1.29, 1.82) is 0 Å². The molecule has 9 heteroatoms. The minimum absolute atomic E-state index is 0.159. The number of esters is 1. The van der Waals surface area contributed by atoms with E-state index < -0.39 is 5.97 Å². The molecule has 0 bridgehead atoms. The van der Waals surface area contributed by atoms with Gasteiger partial charge in [-0.2, -0.15) is 0 Å². The molecule has 2 aromatic rings. The Morgan fingerprint density at radius 2 is 2.19 bits per heavy atom. The maximum Gasteiger partial charge on any atom is 0.341 e. The maximum atomic E-state index is 12.4. The van der Waals surface area contributed by atoms with E-state index in [1.165, 1.54) is 23.1 Å². The van der Waals surface area contributed by atoms with Gasteiger partial charge in [0.1, 0.15) is 10.8 Å². The third-order valence-electron chi connectivity index (χ3n) is 3.61. The zero-order valence-electron chi connectivity index (χ0n) is 15.9. The summed E-state index contributed by atoms with van der Waals surface area (Å²) >= 11 is 2.69. The number of hydrogen-bond donors (Lipinski definition) is 1. The molecule has 0 radical (unpaired) electrons. The van der Waals surface area contributed by atoms with Crippen LogP contribution in [-0.2, 0) is 16.1 Å². The minimum Gasteiger partial charge on any atom is -0.462 e. The number of rotatable bonds is 9. The van der Waals surface area contributed by atoms with Crippen molar-refractivity contribution in [2.45, 2.75) is 45.3 Å². The molecule has 0 aliphatic rings.